The van der Waals surface area contributed by atoms with E-state index in [4.69, 9.17) is 4.98 Å². The van der Waals surface area contributed by atoms with Gasteiger partial charge in [-0.2, -0.15) is 0 Å². The largest absolute Gasteiger partial charge is 0.299 e. The first kappa shape index (κ1) is 15.6. The molecule has 5 heteroatoms. The summed E-state index contributed by atoms with van der Waals surface area (Å²) in [7, 11) is 0. The minimum atomic E-state index is 0.430. The van der Waals surface area contributed by atoms with Crippen LogP contribution < -0.4 is 5.35 Å². The first-order valence-corrected chi connectivity index (χ1v) is 12.3. The predicted octanol–water partition coefficient (Wildman–Crippen LogP) is 6.17. The second-order valence-corrected chi connectivity index (χ2v) is 10.6. The first-order chi connectivity index (χ1) is 15.4. The SMILES string of the molecule is C1=CC2Sc3ccc4c5c3c2c2c1ccc1c2c5c(n1-c1scc2nccnc12)=CC4. The molecule has 9 rings (SSSR count). The van der Waals surface area contributed by atoms with Crippen LogP contribution in [0.5, 0.6) is 0 Å². The molecule has 0 N–H and O–H groups in total. The van der Waals surface area contributed by atoms with E-state index in [1.165, 1.54) is 64.4 Å². The lowest BCUT2D eigenvalue weighted by atomic mass is 9.84. The molecule has 0 radical (unpaired) electrons. The third kappa shape index (κ3) is 1.63. The van der Waals surface area contributed by atoms with Crippen LogP contribution in [-0.2, 0) is 6.42 Å². The molecule has 1 aliphatic heterocycles. The highest BCUT2D eigenvalue weighted by atomic mass is 32.2. The van der Waals surface area contributed by atoms with E-state index in [1.54, 1.807) is 23.7 Å². The number of nitrogens with zero attached hydrogens (tertiary/aromatic N) is 3. The molecule has 2 aliphatic carbocycles. The Morgan fingerprint density at radius 3 is 2.90 bits per heavy atom. The Bertz CT molecular complexity index is 1900. The lowest BCUT2D eigenvalue weighted by Gasteiger charge is -2.19. The number of rotatable bonds is 1. The van der Waals surface area contributed by atoms with E-state index in [-0.39, 0.29) is 0 Å². The van der Waals surface area contributed by atoms with Gasteiger partial charge in [0.05, 0.1) is 16.1 Å². The van der Waals surface area contributed by atoms with E-state index < -0.39 is 0 Å². The minimum Gasteiger partial charge on any atom is -0.299 e. The van der Waals surface area contributed by atoms with Gasteiger partial charge in [0.1, 0.15) is 16.0 Å². The van der Waals surface area contributed by atoms with Gasteiger partial charge in [-0.15, -0.1) is 23.1 Å². The average Bonchev–Trinajstić information content (AvgIpc) is 3.49. The molecule has 4 heterocycles. The summed E-state index contributed by atoms with van der Waals surface area (Å²) in [6, 6.07) is 9.32. The zero-order chi connectivity index (χ0) is 19.8. The molecule has 144 valence electrons. The third-order valence-electron chi connectivity index (χ3n) is 7.16. The quantitative estimate of drug-likeness (QED) is 0.292. The summed E-state index contributed by atoms with van der Waals surface area (Å²) >= 11 is 3.75. The topological polar surface area (TPSA) is 30.7 Å². The number of thioether (sulfide) groups is 1. The summed E-state index contributed by atoms with van der Waals surface area (Å²) in [5.74, 6) is 0. The van der Waals surface area contributed by atoms with Gasteiger partial charge in [-0.1, -0.05) is 30.4 Å². The lowest BCUT2D eigenvalue weighted by Crippen LogP contribution is -2.17. The standard InChI is InChI=1S/C26H13N3S2/c1-5-15-21-19-12(1)3-7-17-23(19)24-18(31-17)8-4-13-2-6-16(22(21)20(13)24)29(15)26-25-14(11-30-26)27-9-10-28-25/h1,3-11,17H,2H2. The van der Waals surface area contributed by atoms with Crippen LogP contribution in [-0.4, -0.2) is 14.5 Å². The Balaban J connectivity index is 1.63. The van der Waals surface area contributed by atoms with Crippen molar-refractivity contribution in [1.29, 1.82) is 0 Å². The van der Waals surface area contributed by atoms with Gasteiger partial charge in [0.25, 0.3) is 0 Å². The highest BCUT2D eigenvalue weighted by molar-refractivity contribution is 8.00. The van der Waals surface area contributed by atoms with Crippen LogP contribution in [0.25, 0.3) is 60.6 Å². The van der Waals surface area contributed by atoms with E-state index >= 15 is 0 Å². The van der Waals surface area contributed by atoms with Crippen LogP contribution in [0.15, 0.2) is 53.0 Å². The fourth-order valence-electron chi connectivity index (χ4n) is 6.02. The van der Waals surface area contributed by atoms with Crippen LogP contribution in [0.4, 0.5) is 0 Å². The fraction of sp³-hybridized carbons (Fsp3) is 0.0769. The number of fused-ring (bicyclic) bond motifs is 1. The number of hydrogen-bond donors (Lipinski definition) is 0. The maximum absolute atomic E-state index is 4.71. The molecule has 0 spiro atoms. The molecule has 3 aromatic carbocycles. The van der Waals surface area contributed by atoms with Crippen molar-refractivity contribution in [2.75, 3.05) is 0 Å². The summed E-state index contributed by atoms with van der Waals surface area (Å²) < 4.78 is 2.46. The first-order valence-electron chi connectivity index (χ1n) is 10.5. The van der Waals surface area contributed by atoms with Gasteiger partial charge in [0.15, 0.2) is 0 Å². The van der Waals surface area contributed by atoms with Crippen molar-refractivity contribution in [2.45, 2.75) is 16.6 Å². The Morgan fingerprint density at radius 2 is 1.90 bits per heavy atom. The third-order valence-corrected chi connectivity index (χ3v) is 9.35. The summed E-state index contributed by atoms with van der Waals surface area (Å²) in [5.41, 5.74) is 7.59. The average molecular weight is 432 g/mol. The molecule has 0 saturated heterocycles. The Kier molecular flexibility index (Phi) is 2.52. The van der Waals surface area contributed by atoms with Crippen molar-refractivity contribution in [3.8, 4) is 5.00 Å². The van der Waals surface area contributed by atoms with Crippen LogP contribution in [0.1, 0.15) is 21.9 Å². The van der Waals surface area contributed by atoms with E-state index in [0.29, 0.717) is 5.25 Å². The van der Waals surface area contributed by atoms with Gasteiger partial charge in [-0.05, 0) is 46.0 Å². The zero-order valence-electron chi connectivity index (χ0n) is 16.2. The van der Waals surface area contributed by atoms with Gasteiger partial charge in [0, 0.05) is 38.8 Å². The van der Waals surface area contributed by atoms with Gasteiger partial charge >= 0.3 is 0 Å². The monoisotopic (exact) mass is 431 g/mol. The van der Waals surface area contributed by atoms with Crippen LogP contribution in [0.3, 0.4) is 0 Å². The van der Waals surface area contributed by atoms with E-state index in [1.807, 2.05) is 11.8 Å². The lowest BCUT2D eigenvalue weighted by molar-refractivity contribution is 1.10. The van der Waals surface area contributed by atoms with Crippen LogP contribution in [0, 0.1) is 0 Å². The summed E-state index contributed by atoms with van der Waals surface area (Å²) in [5, 5.41) is 12.3. The highest BCUT2D eigenvalue weighted by Gasteiger charge is 2.34. The van der Waals surface area contributed by atoms with E-state index in [0.717, 1.165) is 17.5 Å². The second-order valence-electron chi connectivity index (χ2n) is 8.54. The number of benzene rings is 3. The number of aromatic nitrogens is 3. The molecule has 3 nitrogen and oxygen atoms in total. The smallest absolute Gasteiger partial charge is 0.128 e. The van der Waals surface area contributed by atoms with Crippen molar-refractivity contribution >= 4 is 78.7 Å². The van der Waals surface area contributed by atoms with Crippen molar-refractivity contribution in [3.05, 3.63) is 70.2 Å². The van der Waals surface area contributed by atoms with Gasteiger partial charge < -0.3 is 0 Å². The normalized spacial score (nSPS) is 17.9. The molecule has 0 amide bonds. The molecule has 1 unspecified atom stereocenters. The van der Waals surface area contributed by atoms with Crippen molar-refractivity contribution in [2.24, 2.45) is 0 Å². The Morgan fingerprint density at radius 1 is 0.935 bits per heavy atom. The zero-order valence-corrected chi connectivity index (χ0v) is 17.8. The molecule has 3 aliphatic rings. The second kappa shape index (κ2) is 5.01. The molecule has 1 atom stereocenters. The van der Waals surface area contributed by atoms with Crippen molar-refractivity contribution in [1.82, 2.24) is 14.5 Å². The van der Waals surface area contributed by atoms with Gasteiger partial charge in [0.2, 0.25) is 0 Å². The minimum absolute atomic E-state index is 0.430. The molecule has 31 heavy (non-hydrogen) atoms. The maximum atomic E-state index is 4.71. The summed E-state index contributed by atoms with van der Waals surface area (Å²) in [4.78, 5) is 10.7. The summed E-state index contributed by atoms with van der Waals surface area (Å²) in [6.07, 6.45) is 11.7. The Labute approximate surface area is 184 Å². The highest BCUT2D eigenvalue weighted by Crippen LogP contribution is 2.57. The predicted molar refractivity (Wildman–Crippen MR) is 130 cm³/mol. The molecule has 0 bridgehead atoms. The fourth-order valence-corrected chi connectivity index (χ4v) is 8.25. The van der Waals surface area contributed by atoms with Gasteiger partial charge in [-0.25, -0.2) is 4.98 Å². The molecular weight excluding hydrogens is 418 g/mol. The van der Waals surface area contributed by atoms with Gasteiger partial charge in [-0.3, -0.25) is 9.55 Å². The molecule has 0 fully saturated rings. The Hall–Kier alpha value is -3.15. The number of hydrogen-bond acceptors (Lipinski definition) is 4. The molecule has 0 saturated carbocycles. The molecule has 3 aromatic heterocycles. The number of thiophene rings is 1. The van der Waals surface area contributed by atoms with E-state index in [2.05, 4.69) is 57.4 Å². The summed E-state index contributed by atoms with van der Waals surface area (Å²) in [6.45, 7) is 0. The maximum Gasteiger partial charge on any atom is 0.128 e. The van der Waals surface area contributed by atoms with Crippen molar-refractivity contribution < 1.29 is 0 Å². The van der Waals surface area contributed by atoms with E-state index in [9.17, 15) is 0 Å². The molecular formula is C26H13N3S2. The van der Waals surface area contributed by atoms with Crippen LogP contribution in [0.2, 0.25) is 0 Å². The molecule has 6 aromatic rings. The van der Waals surface area contributed by atoms with Crippen molar-refractivity contribution in [3.63, 3.8) is 0 Å². The van der Waals surface area contributed by atoms with Crippen LogP contribution >= 0.6 is 23.1 Å².